The van der Waals surface area contributed by atoms with Gasteiger partial charge < -0.3 is 15.3 Å². The third-order valence-electron chi connectivity index (χ3n) is 4.85. The van der Waals surface area contributed by atoms with Gasteiger partial charge in [0.25, 0.3) is 5.56 Å². The van der Waals surface area contributed by atoms with Crippen LogP contribution in [0.2, 0.25) is 0 Å². The lowest BCUT2D eigenvalue weighted by Gasteiger charge is -2.32. The zero-order chi connectivity index (χ0) is 19.1. The Morgan fingerprint density at radius 1 is 1.26 bits per heavy atom. The summed E-state index contributed by atoms with van der Waals surface area (Å²) in [6.07, 6.45) is -0.558. The summed E-state index contributed by atoms with van der Waals surface area (Å²) in [6, 6.07) is 5.18. The summed E-state index contributed by atoms with van der Waals surface area (Å²) in [4.78, 5) is 14.7. The van der Waals surface area contributed by atoms with Gasteiger partial charge in [-0.1, -0.05) is 0 Å². The number of aromatic nitrogens is 3. The second-order valence-electron chi connectivity index (χ2n) is 6.93. The van der Waals surface area contributed by atoms with Gasteiger partial charge in [0.05, 0.1) is 5.56 Å². The van der Waals surface area contributed by atoms with Crippen LogP contribution in [0.25, 0.3) is 21.3 Å². The summed E-state index contributed by atoms with van der Waals surface area (Å²) in [5, 5.41) is 24.4. The van der Waals surface area contributed by atoms with Crippen LogP contribution < -0.4 is 10.9 Å². The predicted octanol–water partition coefficient (Wildman–Crippen LogP) is 2.22. The van der Waals surface area contributed by atoms with E-state index in [1.165, 1.54) is 15.9 Å². The first-order valence-electron chi connectivity index (χ1n) is 8.66. The van der Waals surface area contributed by atoms with E-state index in [4.69, 9.17) is 0 Å². The van der Waals surface area contributed by atoms with Crippen molar-refractivity contribution in [3.05, 3.63) is 33.9 Å². The number of nitrogens with one attached hydrogen (secondary N) is 1. The largest absolute Gasteiger partial charge is 0.507 e. The van der Waals surface area contributed by atoms with Crippen LogP contribution in [0, 0.1) is 0 Å². The Hall–Kier alpha value is -2.52. The fourth-order valence-corrected chi connectivity index (χ4v) is 4.30. The number of fused-ring (bicyclic) bond motifs is 1. The van der Waals surface area contributed by atoms with Gasteiger partial charge in [-0.2, -0.15) is 0 Å². The van der Waals surface area contributed by atoms with Gasteiger partial charge in [0, 0.05) is 42.7 Å². The standard InChI is InChI=1S/C18H20FN5O2S/c1-23-8-10(19)7-11(9-23)20-18-22-21-15(17(26)24(18)2)13-3-4-14-12(16(13)25)5-6-27-14/h3-6,10-11,25H,7-9H2,1-2H3,(H,20,22)/t10-,11-/m1/s1. The number of nitrogens with zero attached hydrogens (tertiary/aromatic N) is 4. The number of aromatic hydroxyl groups is 1. The Bertz CT molecular complexity index is 1040. The third-order valence-corrected chi connectivity index (χ3v) is 5.73. The number of hydrogen-bond donors (Lipinski definition) is 2. The molecule has 0 saturated carbocycles. The normalized spacial score (nSPS) is 20.9. The van der Waals surface area contributed by atoms with Crippen molar-refractivity contribution in [1.82, 2.24) is 19.7 Å². The molecule has 0 bridgehead atoms. The van der Waals surface area contributed by atoms with Crippen LogP contribution in [-0.4, -0.2) is 57.1 Å². The number of piperidine rings is 1. The molecule has 3 aromatic rings. The zero-order valence-electron chi connectivity index (χ0n) is 15.0. The van der Waals surface area contributed by atoms with Gasteiger partial charge in [-0.25, -0.2) is 4.39 Å². The molecule has 1 aliphatic heterocycles. The fourth-order valence-electron chi connectivity index (χ4n) is 3.51. The number of likely N-dealkylation sites (N-methyl/N-ethyl adjacent to an activating group) is 1. The third kappa shape index (κ3) is 3.28. The first kappa shape index (κ1) is 17.9. The minimum absolute atomic E-state index is 0.0232. The molecule has 7 nitrogen and oxygen atoms in total. The molecule has 1 fully saturated rings. The summed E-state index contributed by atoms with van der Waals surface area (Å²) < 4.78 is 16.1. The molecule has 2 atom stereocenters. The molecular weight excluding hydrogens is 369 g/mol. The lowest BCUT2D eigenvalue weighted by molar-refractivity contribution is 0.153. The molecule has 0 spiro atoms. The number of phenols is 1. The van der Waals surface area contributed by atoms with Gasteiger partial charge in [0.2, 0.25) is 5.95 Å². The smallest absolute Gasteiger partial charge is 0.281 e. The number of likely N-dealkylation sites (tertiary alicyclic amines) is 1. The van der Waals surface area contributed by atoms with Crippen molar-refractivity contribution in [1.29, 1.82) is 0 Å². The van der Waals surface area contributed by atoms with E-state index in [0.29, 0.717) is 30.5 Å². The van der Waals surface area contributed by atoms with Gasteiger partial charge in [0.1, 0.15) is 11.9 Å². The summed E-state index contributed by atoms with van der Waals surface area (Å²) in [5.41, 5.74) is 0.0536. The first-order chi connectivity index (χ1) is 12.9. The van der Waals surface area contributed by atoms with Gasteiger partial charge >= 0.3 is 0 Å². The minimum Gasteiger partial charge on any atom is -0.507 e. The van der Waals surface area contributed by atoms with Crippen molar-refractivity contribution >= 4 is 27.4 Å². The van der Waals surface area contributed by atoms with Gasteiger partial charge in [0.15, 0.2) is 5.69 Å². The molecule has 1 saturated heterocycles. The van der Waals surface area contributed by atoms with E-state index in [1.54, 1.807) is 19.2 Å². The summed E-state index contributed by atoms with van der Waals surface area (Å²) in [7, 11) is 3.44. The van der Waals surface area contributed by atoms with E-state index in [-0.39, 0.29) is 29.0 Å². The Balaban J connectivity index is 1.67. The number of benzene rings is 1. The van der Waals surface area contributed by atoms with E-state index >= 15 is 0 Å². The van der Waals surface area contributed by atoms with Crippen molar-refractivity contribution < 1.29 is 9.50 Å². The van der Waals surface area contributed by atoms with Crippen molar-refractivity contribution in [2.75, 3.05) is 25.5 Å². The molecule has 0 aliphatic carbocycles. The zero-order valence-corrected chi connectivity index (χ0v) is 15.8. The van der Waals surface area contributed by atoms with E-state index < -0.39 is 6.17 Å². The van der Waals surface area contributed by atoms with E-state index in [9.17, 15) is 14.3 Å². The topological polar surface area (TPSA) is 83.3 Å². The number of alkyl halides is 1. The van der Waals surface area contributed by atoms with Crippen molar-refractivity contribution in [2.24, 2.45) is 7.05 Å². The lowest BCUT2D eigenvalue weighted by Crippen LogP contribution is -2.46. The molecule has 27 heavy (non-hydrogen) atoms. The number of phenolic OH excluding ortho intramolecular Hbond substituents is 1. The van der Waals surface area contributed by atoms with Crippen LogP contribution in [-0.2, 0) is 7.05 Å². The highest BCUT2D eigenvalue weighted by molar-refractivity contribution is 7.17. The molecule has 1 aromatic carbocycles. The molecule has 1 aliphatic rings. The number of halogens is 1. The summed E-state index contributed by atoms with van der Waals surface area (Å²) >= 11 is 1.51. The lowest BCUT2D eigenvalue weighted by atomic mass is 10.1. The molecule has 9 heteroatoms. The molecule has 2 N–H and O–H groups in total. The van der Waals surface area contributed by atoms with E-state index in [1.807, 2.05) is 23.4 Å². The summed E-state index contributed by atoms with van der Waals surface area (Å²) in [5.74, 6) is 0.308. The Labute approximate surface area is 159 Å². The Morgan fingerprint density at radius 3 is 2.85 bits per heavy atom. The first-order valence-corrected chi connectivity index (χ1v) is 9.54. The maximum atomic E-state index is 13.8. The van der Waals surface area contributed by atoms with Crippen molar-refractivity contribution in [3.63, 3.8) is 0 Å². The van der Waals surface area contributed by atoms with Gasteiger partial charge in [-0.3, -0.25) is 9.36 Å². The second-order valence-corrected chi connectivity index (χ2v) is 7.87. The average Bonchev–Trinajstić information content (AvgIpc) is 3.09. The molecule has 2 aromatic heterocycles. The molecule has 0 amide bonds. The van der Waals surface area contributed by atoms with Crippen LogP contribution in [0.5, 0.6) is 5.75 Å². The molecule has 142 valence electrons. The Kier molecular flexibility index (Phi) is 4.56. The highest BCUT2D eigenvalue weighted by Gasteiger charge is 2.26. The van der Waals surface area contributed by atoms with E-state index in [0.717, 1.165) is 4.70 Å². The molecule has 4 rings (SSSR count). The Morgan fingerprint density at radius 2 is 2.07 bits per heavy atom. The van der Waals surface area contributed by atoms with Crippen molar-refractivity contribution in [3.8, 4) is 17.0 Å². The quantitative estimate of drug-likeness (QED) is 0.715. The van der Waals surface area contributed by atoms with Crippen LogP contribution in [0.3, 0.4) is 0 Å². The van der Waals surface area contributed by atoms with Crippen LogP contribution >= 0.6 is 11.3 Å². The van der Waals surface area contributed by atoms with Crippen molar-refractivity contribution in [2.45, 2.75) is 18.6 Å². The highest BCUT2D eigenvalue weighted by atomic mass is 32.1. The SMILES string of the molecule is CN1C[C@H](F)C[C@@H](Nc2nnc(-c3ccc4sccc4c3O)c(=O)n2C)C1. The molecule has 0 unspecified atom stereocenters. The maximum Gasteiger partial charge on any atom is 0.281 e. The molecular formula is C18H20FN5O2S. The van der Waals surface area contributed by atoms with Crippen LogP contribution in [0.1, 0.15) is 6.42 Å². The van der Waals surface area contributed by atoms with Crippen LogP contribution in [0.4, 0.5) is 10.3 Å². The number of rotatable bonds is 3. The van der Waals surface area contributed by atoms with E-state index in [2.05, 4.69) is 15.5 Å². The van der Waals surface area contributed by atoms with Gasteiger partial charge in [-0.15, -0.1) is 21.5 Å². The number of hydrogen-bond acceptors (Lipinski definition) is 7. The molecule has 0 radical (unpaired) electrons. The fraction of sp³-hybridized carbons (Fsp3) is 0.389. The number of anilines is 1. The number of thiophene rings is 1. The summed E-state index contributed by atoms with van der Waals surface area (Å²) in [6.45, 7) is 1.07. The second kappa shape index (κ2) is 6.90. The maximum absolute atomic E-state index is 13.8. The molecule has 3 heterocycles. The minimum atomic E-state index is -0.917. The highest BCUT2D eigenvalue weighted by Crippen LogP contribution is 2.36. The monoisotopic (exact) mass is 389 g/mol. The predicted molar refractivity (Wildman–Crippen MR) is 104 cm³/mol. The average molecular weight is 389 g/mol. The van der Waals surface area contributed by atoms with Crippen LogP contribution in [0.15, 0.2) is 28.4 Å². The van der Waals surface area contributed by atoms with Gasteiger partial charge in [-0.05, 0) is 30.6 Å².